The molecule has 1 heteroatoms. The predicted molar refractivity (Wildman–Crippen MR) is 112 cm³/mol. The highest BCUT2D eigenvalue weighted by atomic mass is 35.5. The summed E-state index contributed by atoms with van der Waals surface area (Å²) in [5.74, 6) is 0.869. The molecule has 1 aliphatic carbocycles. The summed E-state index contributed by atoms with van der Waals surface area (Å²) in [4.78, 5) is 0. The van der Waals surface area contributed by atoms with E-state index >= 15 is 0 Å². The minimum atomic E-state index is 0.0841. The summed E-state index contributed by atoms with van der Waals surface area (Å²) < 4.78 is 0. The van der Waals surface area contributed by atoms with Gasteiger partial charge in [0.15, 0.2) is 0 Å². The zero-order valence-electron chi connectivity index (χ0n) is 14.8. The second-order valence-corrected chi connectivity index (χ2v) is 8.00. The molecule has 128 valence electrons. The van der Waals surface area contributed by atoms with Crippen LogP contribution in [0, 0.1) is 5.92 Å². The molecule has 0 heterocycles. The van der Waals surface area contributed by atoms with Gasteiger partial charge in [0.2, 0.25) is 0 Å². The van der Waals surface area contributed by atoms with Crippen molar-refractivity contribution in [2.75, 3.05) is 0 Å². The molecular weight excluding hydrogens is 336 g/mol. The van der Waals surface area contributed by atoms with E-state index in [4.69, 9.17) is 11.6 Å². The van der Waals surface area contributed by atoms with Gasteiger partial charge in [-0.15, -0.1) is 11.6 Å². The number of hydrogen-bond acceptors (Lipinski definition) is 0. The molecule has 0 N–H and O–H groups in total. The molecule has 4 aromatic rings. The van der Waals surface area contributed by atoms with Gasteiger partial charge in [-0.1, -0.05) is 85.8 Å². The molecule has 5 rings (SSSR count). The first kappa shape index (κ1) is 15.9. The van der Waals surface area contributed by atoms with Gasteiger partial charge in [-0.25, -0.2) is 0 Å². The van der Waals surface area contributed by atoms with Crippen molar-refractivity contribution in [3.05, 3.63) is 95.6 Å². The van der Waals surface area contributed by atoms with Gasteiger partial charge in [-0.05, 0) is 50.6 Å². The first-order valence-corrected chi connectivity index (χ1v) is 9.81. The Balaban J connectivity index is 1.85. The van der Waals surface area contributed by atoms with Crippen LogP contribution in [0.3, 0.4) is 0 Å². The van der Waals surface area contributed by atoms with Crippen molar-refractivity contribution >= 4 is 33.1 Å². The molecule has 0 aromatic heterocycles. The van der Waals surface area contributed by atoms with Crippen LogP contribution in [-0.2, 0) is 0 Å². The van der Waals surface area contributed by atoms with Crippen LogP contribution in [0.2, 0.25) is 0 Å². The number of halogens is 1. The maximum Gasteiger partial charge on any atom is 0.0614 e. The van der Waals surface area contributed by atoms with Gasteiger partial charge in [-0.3, -0.25) is 0 Å². The lowest BCUT2D eigenvalue weighted by Gasteiger charge is -2.35. The summed E-state index contributed by atoms with van der Waals surface area (Å²) in [7, 11) is 0. The van der Waals surface area contributed by atoms with Crippen LogP contribution >= 0.6 is 11.6 Å². The minimum Gasteiger partial charge on any atom is -0.118 e. The molecule has 0 amide bonds. The fraction of sp³-hybridized carbons (Fsp3) is 0.200. The summed E-state index contributed by atoms with van der Waals surface area (Å²) in [5.41, 5.74) is 4.13. The summed E-state index contributed by atoms with van der Waals surface area (Å²) in [6.07, 6.45) is 1.09. The highest BCUT2D eigenvalue weighted by molar-refractivity contribution is 6.21. The Labute approximate surface area is 159 Å². The van der Waals surface area contributed by atoms with E-state index in [9.17, 15) is 0 Å². The minimum absolute atomic E-state index is 0.0841. The van der Waals surface area contributed by atoms with E-state index in [-0.39, 0.29) is 5.38 Å². The van der Waals surface area contributed by atoms with E-state index in [0.717, 1.165) is 6.42 Å². The molecular formula is C25H21Cl. The first-order chi connectivity index (χ1) is 12.7. The van der Waals surface area contributed by atoms with Gasteiger partial charge in [0, 0.05) is 5.92 Å². The Bertz CT molecular complexity index is 1100. The third-order valence-corrected chi connectivity index (χ3v) is 6.62. The predicted octanol–water partition coefficient (Wildman–Crippen LogP) is 7.44. The molecule has 0 bridgehead atoms. The molecule has 0 nitrogen and oxygen atoms in total. The fourth-order valence-electron chi connectivity index (χ4n) is 4.66. The normalized spacial score (nSPS) is 22.5. The van der Waals surface area contributed by atoms with Crippen molar-refractivity contribution in [3.63, 3.8) is 0 Å². The third-order valence-electron chi connectivity index (χ3n) is 5.96. The number of hydrogen-bond donors (Lipinski definition) is 0. The Hall–Kier alpha value is -2.31. The van der Waals surface area contributed by atoms with E-state index in [1.54, 1.807) is 0 Å². The molecule has 26 heavy (non-hydrogen) atoms. The smallest absolute Gasteiger partial charge is 0.0614 e. The average molecular weight is 357 g/mol. The summed E-state index contributed by atoms with van der Waals surface area (Å²) in [5, 5.41) is 5.39. The Morgan fingerprint density at radius 3 is 2.31 bits per heavy atom. The lowest BCUT2D eigenvalue weighted by molar-refractivity contribution is 0.453. The van der Waals surface area contributed by atoms with Crippen molar-refractivity contribution in [2.45, 2.75) is 24.6 Å². The zero-order chi connectivity index (χ0) is 17.7. The lowest BCUT2D eigenvalue weighted by Crippen LogP contribution is -2.20. The van der Waals surface area contributed by atoms with E-state index in [1.165, 1.54) is 38.2 Å². The Kier molecular flexibility index (Phi) is 3.76. The number of rotatable bonds is 1. The lowest BCUT2D eigenvalue weighted by atomic mass is 9.72. The highest BCUT2D eigenvalue weighted by Crippen LogP contribution is 2.50. The topological polar surface area (TPSA) is 0 Å². The quantitative estimate of drug-likeness (QED) is 0.245. The highest BCUT2D eigenvalue weighted by Gasteiger charge is 2.33. The van der Waals surface area contributed by atoms with Crippen molar-refractivity contribution in [2.24, 2.45) is 5.92 Å². The first-order valence-electron chi connectivity index (χ1n) is 9.37. The maximum atomic E-state index is 6.87. The monoisotopic (exact) mass is 356 g/mol. The van der Waals surface area contributed by atoms with Gasteiger partial charge >= 0.3 is 0 Å². The SMILES string of the molecule is CC1CC(c2ccccc2)c2c(ccc3c2ccc2ccccc23)C1Cl. The summed E-state index contributed by atoms with van der Waals surface area (Å²) >= 11 is 6.87. The number of benzene rings is 4. The van der Waals surface area contributed by atoms with Crippen LogP contribution in [0.1, 0.15) is 41.3 Å². The summed E-state index contributed by atoms with van der Waals surface area (Å²) in [6.45, 7) is 2.28. The molecule has 0 spiro atoms. The molecule has 3 atom stereocenters. The van der Waals surface area contributed by atoms with Gasteiger partial charge in [-0.2, -0.15) is 0 Å². The third kappa shape index (κ3) is 2.36. The molecule has 0 fully saturated rings. The van der Waals surface area contributed by atoms with E-state index < -0.39 is 0 Å². The van der Waals surface area contributed by atoms with Crippen LogP contribution in [0.5, 0.6) is 0 Å². The second kappa shape index (κ2) is 6.14. The van der Waals surface area contributed by atoms with Crippen molar-refractivity contribution in [1.82, 2.24) is 0 Å². The molecule has 0 radical (unpaired) electrons. The summed E-state index contributed by atoms with van der Waals surface area (Å²) in [6, 6.07) is 28.6. The standard InChI is InChI=1S/C25H21Cl/c1-16-15-23(17-7-3-2-4-8-17)24-21-12-11-18-9-5-6-10-19(18)20(21)13-14-22(24)25(16)26/h2-14,16,23,25H,15H2,1H3. The van der Waals surface area contributed by atoms with Crippen molar-refractivity contribution in [1.29, 1.82) is 0 Å². The molecule has 4 aromatic carbocycles. The number of fused-ring (bicyclic) bond motifs is 5. The van der Waals surface area contributed by atoms with E-state index in [2.05, 4.69) is 85.8 Å². The van der Waals surface area contributed by atoms with E-state index in [1.807, 2.05) is 0 Å². The average Bonchev–Trinajstić information content (AvgIpc) is 2.70. The molecule has 0 saturated carbocycles. The number of alkyl halides is 1. The van der Waals surface area contributed by atoms with Gasteiger partial charge in [0.1, 0.15) is 0 Å². The molecule has 1 aliphatic rings. The van der Waals surface area contributed by atoms with Crippen LogP contribution in [0.4, 0.5) is 0 Å². The van der Waals surface area contributed by atoms with Crippen LogP contribution < -0.4 is 0 Å². The largest absolute Gasteiger partial charge is 0.118 e. The van der Waals surface area contributed by atoms with Gasteiger partial charge < -0.3 is 0 Å². The fourth-order valence-corrected chi connectivity index (χ4v) is 4.95. The molecule has 0 aliphatic heterocycles. The maximum absolute atomic E-state index is 6.87. The molecule has 0 saturated heterocycles. The van der Waals surface area contributed by atoms with E-state index in [0.29, 0.717) is 11.8 Å². The van der Waals surface area contributed by atoms with Crippen molar-refractivity contribution in [3.8, 4) is 0 Å². The van der Waals surface area contributed by atoms with Gasteiger partial charge in [0.25, 0.3) is 0 Å². The molecule has 3 unspecified atom stereocenters. The van der Waals surface area contributed by atoms with Crippen LogP contribution in [-0.4, -0.2) is 0 Å². The Morgan fingerprint density at radius 1 is 0.731 bits per heavy atom. The van der Waals surface area contributed by atoms with Gasteiger partial charge in [0.05, 0.1) is 5.38 Å². The Morgan fingerprint density at radius 2 is 1.46 bits per heavy atom. The van der Waals surface area contributed by atoms with Crippen molar-refractivity contribution < 1.29 is 0 Å². The van der Waals surface area contributed by atoms with Crippen LogP contribution in [0.15, 0.2) is 78.9 Å². The van der Waals surface area contributed by atoms with Crippen LogP contribution in [0.25, 0.3) is 21.5 Å². The zero-order valence-corrected chi connectivity index (χ0v) is 15.6. The second-order valence-electron chi connectivity index (χ2n) is 7.53.